The van der Waals surface area contributed by atoms with Gasteiger partial charge in [-0.25, -0.2) is 0 Å². The maximum absolute atomic E-state index is 11.1. The smallest absolute Gasteiger partial charge is 0.545 e. The summed E-state index contributed by atoms with van der Waals surface area (Å²) in [7, 11) is -9.18. The molecule has 0 bridgehead atoms. The number of carboxylic acid groups (broad SMARTS) is 2. The van der Waals surface area contributed by atoms with Gasteiger partial charge in [0.1, 0.15) is 9.79 Å². The minimum Gasteiger partial charge on any atom is -0.545 e. The number of carbonyl (C=O) groups is 2. The van der Waals surface area contributed by atoms with Crippen LogP contribution in [-0.2, 0) is 20.2 Å². The molecule has 4 rings (SSSR count). The maximum Gasteiger partial charge on any atom is 1.00 e. The average molecular weight is 548 g/mol. The molecule has 14 heteroatoms. The Morgan fingerprint density at radius 2 is 0.861 bits per heavy atom. The van der Waals surface area contributed by atoms with Gasteiger partial charge in [0.2, 0.25) is 0 Å². The monoisotopic (exact) mass is 548 g/mol. The normalized spacial score (nSPS) is 10.9. The van der Waals surface area contributed by atoms with Crippen LogP contribution in [-0.4, -0.2) is 37.9 Å². The van der Waals surface area contributed by atoms with Crippen LogP contribution in [0.1, 0.15) is 20.7 Å². The second-order valence-electron chi connectivity index (χ2n) is 6.84. The predicted molar refractivity (Wildman–Crippen MR) is 116 cm³/mol. The van der Waals surface area contributed by atoms with E-state index in [1.54, 1.807) is 36.4 Å². The molecule has 0 aromatic heterocycles. The van der Waals surface area contributed by atoms with Crippen molar-refractivity contribution in [1.82, 2.24) is 0 Å². The zero-order chi connectivity index (χ0) is 25.3. The molecule has 36 heavy (non-hydrogen) atoms. The molecule has 176 valence electrons. The van der Waals surface area contributed by atoms with Crippen molar-refractivity contribution in [3.8, 4) is 0 Å². The average Bonchev–Trinajstić information content (AvgIpc) is 2.76. The predicted octanol–water partition coefficient (Wildman–Crippen LogP) is -5.09. The van der Waals surface area contributed by atoms with Crippen LogP contribution in [0.4, 0.5) is 0 Å². The third kappa shape index (κ3) is 7.13. The first kappa shape index (κ1) is 32.2. The van der Waals surface area contributed by atoms with Gasteiger partial charge in [-0.1, -0.05) is 60.7 Å². The summed E-state index contributed by atoms with van der Waals surface area (Å²) in [4.78, 5) is 20.7. The number of rotatable bonds is 4. The standard InChI is InChI=1S/2C11H8O5S.2Na/c2*12-11(13)10-8-4-2-1-3-7(8)5-6-9(10)17(14,15)16;;/h2*1-6H,(H,12,13)(H,14,15,16);;/q;;2*+1/p-2. The van der Waals surface area contributed by atoms with Gasteiger partial charge in [-0.05, 0) is 33.7 Å². The fraction of sp³-hybridized carbons (Fsp3) is 0. The van der Waals surface area contributed by atoms with Crippen LogP contribution in [0.5, 0.6) is 0 Å². The largest absolute Gasteiger partial charge is 1.00 e. The Bertz CT molecular complexity index is 1540. The molecule has 4 aromatic rings. The first-order valence-corrected chi connectivity index (χ1v) is 12.1. The van der Waals surface area contributed by atoms with E-state index in [2.05, 4.69) is 0 Å². The van der Waals surface area contributed by atoms with Crippen LogP contribution in [0, 0.1) is 0 Å². The van der Waals surface area contributed by atoms with E-state index in [4.69, 9.17) is 9.11 Å². The molecular formula is C22H14Na2O10S2. The molecule has 0 radical (unpaired) electrons. The second kappa shape index (κ2) is 12.6. The quantitative estimate of drug-likeness (QED) is 0.184. The van der Waals surface area contributed by atoms with E-state index in [1.165, 1.54) is 24.3 Å². The fourth-order valence-electron chi connectivity index (χ4n) is 3.35. The molecule has 0 unspecified atom stereocenters. The number of carbonyl (C=O) groups excluding carboxylic acids is 2. The van der Waals surface area contributed by atoms with Gasteiger partial charge in [-0.3, -0.25) is 9.11 Å². The van der Waals surface area contributed by atoms with E-state index in [-0.39, 0.29) is 69.9 Å². The van der Waals surface area contributed by atoms with Crippen LogP contribution in [0.25, 0.3) is 21.5 Å². The molecule has 0 spiro atoms. The van der Waals surface area contributed by atoms with Gasteiger partial charge in [-0.15, -0.1) is 0 Å². The van der Waals surface area contributed by atoms with E-state index in [0.717, 1.165) is 12.1 Å². The van der Waals surface area contributed by atoms with Gasteiger partial charge in [0.25, 0.3) is 20.2 Å². The summed E-state index contributed by atoms with van der Waals surface area (Å²) < 4.78 is 62.2. The van der Waals surface area contributed by atoms with Crippen molar-refractivity contribution in [1.29, 1.82) is 0 Å². The first-order valence-electron chi connectivity index (χ1n) is 9.23. The van der Waals surface area contributed by atoms with Crippen LogP contribution in [0.15, 0.2) is 82.6 Å². The number of aromatic carboxylic acids is 2. The van der Waals surface area contributed by atoms with E-state index in [1.807, 2.05) is 0 Å². The zero-order valence-corrected chi connectivity index (χ0v) is 24.5. The third-order valence-corrected chi connectivity index (χ3v) is 6.54. The Morgan fingerprint density at radius 3 is 1.14 bits per heavy atom. The van der Waals surface area contributed by atoms with Crippen molar-refractivity contribution in [3.63, 3.8) is 0 Å². The second-order valence-corrected chi connectivity index (χ2v) is 9.62. The van der Waals surface area contributed by atoms with Gasteiger partial charge in [0.05, 0.1) is 11.9 Å². The Morgan fingerprint density at radius 1 is 0.556 bits per heavy atom. The van der Waals surface area contributed by atoms with Gasteiger partial charge in [-0.2, -0.15) is 16.8 Å². The van der Waals surface area contributed by atoms with E-state index < -0.39 is 53.1 Å². The van der Waals surface area contributed by atoms with Crippen molar-refractivity contribution in [2.75, 3.05) is 0 Å². The van der Waals surface area contributed by atoms with E-state index in [9.17, 15) is 36.6 Å². The summed E-state index contributed by atoms with van der Waals surface area (Å²) in [5, 5.41) is 23.5. The van der Waals surface area contributed by atoms with Crippen molar-refractivity contribution >= 4 is 53.7 Å². The minimum atomic E-state index is -4.59. The molecule has 0 aliphatic carbocycles. The fourth-order valence-corrected chi connectivity index (χ4v) is 4.74. The first-order chi connectivity index (χ1) is 15.8. The summed E-state index contributed by atoms with van der Waals surface area (Å²) in [6.07, 6.45) is 0. The maximum atomic E-state index is 11.1. The Hall–Kier alpha value is -1.84. The van der Waals surface area contributed by atoms with Crippen molar-refractivity contribution < 1.29 is 105 Å². The minimum absolute atomic E-state index is 0. The molecule has 0 aliphatic rings. The molecule has 0 fully saturated rings. The Labute approximate surface area is 250 Å². The summed E-state index contributed by atoms with van der Waals surface area (Å²) in [5.41, 5.74) is -1.05. The van der Waals surface area contributed by atoms with Crippen molar-refractivity contribution in [2.45, 2.75) is 9.79 Å². The van der Waals surface area contributed by atoms with Crippen LogP contribution >= 0.6 is 0 Å². The summed E-state index contributed by atoms with van der Waals surface area (Å²) in [5.74, 6) is -3.29. The van der Waals surface area contributed by atoms with E-state index in [0.29, 0.717) is 10.8 Å². The number of benzene rings is 4. The van der Waals surface area contributed by atoms with E-state index >= 15 is 0 Å². The molecular weight excluding hydrogens is 534 g/mol. The molecule has 0 saturated heterocycles. The molecule has 0 atom stereocenters. The van der Waals surface area contributed by atoms with Crippen LogP contribution in [0.3, 0.4) is 0 Å². The van der Waals surface area contributed by atoms with Gasteiger partial charge in [0, 0.05) is 11.1 Å². The number of fused-ring (bicyclic) bond motifs is 2. The van der Waals surface area contributed by atoms with Crippen LogP contribution < -0.4 is 69.3 Å². The Balaban J connectivity index is 0.000000341. The topological polar surface area (TPSA) is 189 Å². The Kier molecular flexibility index (Phi) is 11.3. The number of hydrogen-bond donors (Lipinski definition) is 2. The molecule has 4 aromatic carbocycles. The third-order valence-electron chi connectivity index (χ3n) is 4.75. The number of hydrogen-bond acceptors (Lipinski definition) is 8. The van der Waals surface area contributed by atoms with Crippen LogP contribution in [0.2, 0.25) is 0 Å². The molecule has 0 saturated carbocycles. The van der Waals surface area contributed by atoms with Gasteiger partial charge >= 0.3 is 59.1 Å². The van der Waals surface area contributed by atoms with Gasteiger partial charge in [0.15, 0.2) is 0 Å². The zero-order valence-electron chi connectivity index (χ0n) is 18.9. The summed E-state index contributed by atoms with van der Waals surface area (Å²) in [6, 6.07) is 17.6. The SMILES string of the molecule is O=C([O-])c1c(S(=O)(=O)O)ccc2ccccc12.O=C([O-])c1c(S(=O)(=O)O)ccc2ccccc12.[Na+].[Na+]. The van der Waals surface area contributed by atoms with Crippen molar-refractivity contribution in [2.24, 2.45) is 0 Å². The molecule has 0 amide bonds. The molecule has 0 heterocycles. The molecule has 2 N–H and O–H groups in total. The molecule has 0 aliphatic heterocycles. The molecule has 10 nitrogen and oxygen atoms in total. The number of carboxylic acids is 2. The summed E-state index contributed by atoms with van der Waals surface area (Å²) in [6.45, 7) is 0. The van der Waals surface area contributed by atoms with Crippen molar-refractivity contribution in [3.05, 3.63) is 83.9 Å². The summed E-state index contributed by atoms with van der Waals surface area (Å²) >= 11 is 0. The van der Waals surface area contributed by atoms with Gasteiger partial charge < -0.3 is 19.8 Å².